The molecule has 0 atom stereocenters. The lowest BCUT2D eigenvalue weighted by Crippen LogP contribution is -2.18. The molecule has 0 aromatic carbocycles. The van der Waals surface area contributed by atoms with E-state index in [1.165, 1.54) is 12.4 Å². The van der Waals surface area contributed by atoms with Crippen LogP contribution in [-0.4, -0.2) is 16.9 Å². The van der Waals surface area contributed by atoms with Crippen LogP contribution in [0.25, 0.3) is 0 Å². The molecular formula is C5H9NO3. The minimum absolute atomic E-state index is 0.0569. The van der Waals surface area contributed by atoms with Crippen LogP contribution in [0.3, 0.4) is 0 Å². The quantitative estimate of drug-likeness (QED) is 0.414. The van der Waals surface area contributed by atoms with Gasteiger partial charge in [-0.15, -0.1) is 0 Å². The maximum absolute atomic E-state index is 10.2. The molecule has 0 spiro atoms. The van der Waals surface area contributed by atoms with Crippen LogP contribution in [0.2, 0.25) is 0 Å². The summed E-state index contributed by atoms with van der Waals surface area (Å²) in [5.74, 6) is -0.580. The Bertz CT molecular complexity index is 121. The summed E-state index contributed by atoms with van der Waals surface area (Å²) >= 11 is 0. The highest BCUT2D eigenvalue weighted by Crippen LogP contribution is 1.88. The first-order valence-electron chi connectivity index (χ1n) is 2.59. The van der Waals surface area contributed by atoms with Gasteiger partial charge in [0.2, 0.25) is 5.91 Å². The van der Waals surface area contributed by atoms with Crippen molar-refractivity contribution in [1.29, 1.82) is 0 Å². The number of rotatable bonds is 3. The number of nitrogens with one attached hydrogen (secondary N) is 1. The number of hydrogen-bond donors (Lipinski definition) is 2. The van der Waals surface area contributed by atoms with Gasteiger partial charge in [-0.1, -0.05) is 0 Å². The van der Waals surface area contributed by atoms with Crippen LogP contribution < -0.4 is 5.48 Å². The van der Waals surface area contributed by atoms with Crippen molar-refractivity contribution in [3.05, 3.63) is 0 Å². The van der Waals surface area contributed by atoms with Gasteiger partial charge < -0.3 is 4.79 Å². The van der Waals surface area contributed by atoms with Crippen LogP contribution in [0.15, 0.2) is 0 Å². The monoisotopic (exact) mass is 131 g/mol. The van der Waals surface area contributed by atoms with E-state index in [9.17, 15) is 9.59 Å². The molecule has 0 radical (unpaired) electrons. The molecule has 4 heteroatoms. The molecule has 0 fully saturated rings. The highest BCUT2D eigenvalue weighted by Gasteiger charge is 1.99. The van der Waals surface area contributed by atoms with Crippen molar-refractivity contribution in [1.82, 2.24) is 5.48 Å². The number of ketones is 1. The summed E-state index contributed by atoms with van der Waals surface area (Å²) in [5.41, 5.74) is 1.43. The SMILES string of the molecule is CC(=O)CCC(=O)NO. The van der Waals surface area contributed by atoms with Crippen molar-refractivity contribution in [2.45, 2.75) is 19.8 Å². The highest BCUT2D eigenvalue weighted by molar-refractivity contribution is 5.82. The van der Waals surface area contributed by atoms with Crippen molar-refractivity contribution >= 4 is 11.7 Å². The second-order valence-electron chi connectivity index (χ2n) is 1.74. The molecule has 0 rings (SSSR count). The summed E-state index contributed by atoms with van der Waals surface area (Å²) in [5, 5.41) is 7.94. The van der Waals surface area contributed by atoms with E-state index in [0.29, 0.717) is 0 Å². The number of carbonyl (C=O) groups is 2. The first-order chi connectivity index (χ1) is 4.16. The summed E-state index contributed by atoms with van der Waals surface area (Å²) < 4.78 is 0. The van der Waals surface area contributed by atoms with Crippen LogP contribution in [0.1, 0.15) is 19.8 Å². The highest BCUT2D eigenvalue weighted by atomic mass is 16.5. The minimum atomic E-state index is -0.523. The first-order valence-corrected chi connectivity index (χ1v) is 2.59. The third-order valence-corrected chi connectivity index (χ3v) is 0.829. The summed E-state index contributed by atoms with van der Waals surface area (Å²) in [4.78, 5) is 20.4. The molecule has 4 nitrogen and oxygen atoms in total. The van der Waals surface area contributed by atoms with Gasteiger partial charge in [0.25, 0.3) is 0 Å². The fourth-order valence-corrected chi connectivity index (χ4v) is 0.345. The molecular weight excluding hydrogens is 122 g/mol. The second kappa shape index (κ2) is 4.03. The molecule has 0 aromatic heterocycles. The molecule has 0 saturated carbocycles. The van der Waals surface area contributed by atoms with Crippen molar-refractivity contribution in [3.8, 4) is 0 Å². The van der Waals surface area contributed by atoms with Crippen LogP contribution in [0.5, 0.6) is 0 Å². The largest absolute Gasteiger partial charge is 0.300 e. The Labute approximate surface area is 52.8 Å². The van der Waals surface area contributed by atoms with Gasteiger partial charge in [0.15, 0.2) is 0 Å². The van der Waals surface area contributed by atoms with Gasteiger partial charge >= 0.3 is 0 Å². The lowest BCUT2D eigenvalue weighted by Gasteiger charge is -1.92. The standard InChI is InChI=1S/C5H9NO3/c1-4(7)2-3-5(8)6-9/h9H,2-3H2,1H3,(H,6,8). The van der Waals surface area contributed by atoms with Crippen molar-refractivity contribution in [2.75, 3.05) is 0 Å². The van der Waals surface area contributed by atoms with Crippen LogP contribution in [0, 0.1) is 0 Å². The van der Waals surface area contributed by atoms with E-state index < -0.39 is 5.91 Å². The molecule has 0 heterocycles. The molecule has 0 unspecified atom stereocenters. The average Bonchev–Trinajstić information content (AvgIpc) is 1.83. The van der Waals surface area contributed by atoms with E-state index in [-0.39, 0.29) is 18.6 Å². The molecule has 0 aliphatic heterocycles. The lowest BCUT2D eigenvalue weighted by molar-refractivity contribution is -0.131. The Hall–Kier alpha value is -0.900. The van der Waals surface area contributed by atoms with Crippen molar-refractivity contribution < 1.29 is 14.8 Å². The third kappa shape index (κ3) is 4.96. The van der Waals surface area contributed by atoms with Gasteiger partial charge in [0.05, 0.1) is 0 Å². The maximum Gasteiger partial charge on any atom is 0.243 e. The predicted molar refractivity (Wildman–Crippen MR) is 29.8 cm³/mol. The van der Waals surface area contributed by atoms with Crippen LogP contribution in [0.4, 0.5) is 0 Å². The number of hydroxylamine groups is 1. The molecule has 0 aliphatic rings. The van der Waals surface area contributed by atoms with Gasteiger partial charge in [0.1, 0.15) is 5.78 Å². The van der Waals surface area contributed by atoms with E-state index in [1.807, 2.05) is 0 Å². The van der Waals surface area contributed by atoms with Gasteiger partial charge in [0, 0.05) is 12.8 Å². The average molecular weight is 131 g/mol. The summed E-state index contributed by atoms with van der Waals surface area (Å²) in [6.45, 7) is 1.39. The summed E-state index contributed by atoms with van der Waals surface area (Å²) in [6, 6.07) is 0. The fraction of sp³-hybridized carbons (Fsp3) is 0.600. The Morgan fingerprint density at radius 2 is 2.00 bits per heavy atom. The van der Waals surface area contributed by atoms with Crippen LogP contribution in [-0.2, 0) is 9.59 Å². The second-order valence-corrected chi connectivity index (χ2v) is 1.74. The van der Waals surface area contributed by atoms with Crippen molar-refractivity contribution in [3.63, 3.8) is 0 Å². The van der Waals surface area contributed by atoms with E-state index in [2.05, 4.69) is 0 Å². The molecule has 0 bridgehead atoms. The Morgan fingerprint density at radius 1 is 1.44 bits per heavy atom. The lowest BCUT2D eigenvalue weighted by atomic mass is 10.2. The van der Waals surface area contributed by atoms with E-state index >= 15 is 0 Å². The number of carbonyl (C=O) groups excluding carboxylic acids is 2. The fourth-order valence-electron chi connectivity index (χ4n) is 0.345. The Balaban J connectivity index is 3.28. The predicted octanol–water partition coefficient (Wildman–Crippen LogP) is -0.139. The molecule has 52 valence electrons. The number of Topliss-reactive ketones (excluding diaryl/α,β-unsaturated/α-hetero) is 1. The van der Waals surface area contributed by atoms with Gasteiger partial charge in [-0.3, -0.25) is 10.0 Å². The topological polar surface area (TPSA) is 66.4 Å². The first kappa shape index (κ1) is 8.10. The summed E-state index contributed by atoms with van der Waals surface area (Å²) in [7, 11) is 0. The third-order valence-electron chi connectivity index (χ3n) is 0.829. The normalized spacial score (nSPS) is 8.67. The van der Waals surface area contributed by atoms with E-state index in [1.54, 1.807) is 0 Å². The molecule has 9 heavy (non-hydrogen) atoms. The zero-order valence-corrected chi connectivity index (χ0v) is 5.18. The molecule has 1 amide bonds. The van der Waals surface area contributed by atoms with E-state index in [4.69, 9.17) is 5.21 Å². The van der Waals surface area contributed by atoms with Gasteiger partial charge in [-0.2, -0.15) is 0 Å². The maximum atomic E-state index is 10.2. The van der Waals surface area contributed by atoms with Gasteiger partial charge in [-0.25, -0.2) is 5.48 Å². The van der Waals surface area contributed by atoms with Crippen LogP contribution >= 0.6 is 0 Å². The van der Waals surface area contributed by atoms with Gasteiger partial charge in [-0.05, 0) is 6.92 Å². The number of hydrogen-bond acceptors (Lipinski definition) is 3. The van der Waals surface area contributed by atoms with Crippen molar-refractivity contribution in [2.24, 2.45) is 0 Å². The van der Waals surface area contributed by atoms with E-state index in [0.717, 1.165) is 0 Å². The Morgan fingerprint density at radius 3 is 2.33 bits per heavy atom. The minimum Gasteiger partial charge on any atom is -0.300 e. The molecule has 0 aromatic rings. The zero-order chi connectivity index (χ0) is 7.28. The Kier molecular flexibility index (Phi) is 3.62. The number of amides is 1. The zero-order valence-electron chi connectivity index (χ0n) is 5.18. The molecule has 0 aliphatic carbocycles. The molecule has 0 saturated heterocycles. The smallest absolute Gasteiger partial charge is 0.243 e. The molecule has 2 N–H and O–H groups in total. The summed E-state index contributed by atoms with van der Waals surface area (Å²) in [6.07, 6.45) is 0.248.